The maximum Gasteiger partial charge on any atom is 0.329 e. The van der Waals surface area contributed by atoms with Crippen molar-refractivity contribution in [2.45, 2.75) is 173 Å². The molecular weight excluding hydrogens is 831 g/mol. The molecule has 362 valence electrons. The molecule has 3 heterocycles. The van der Waals surface area contributed by atoms with Gasteiger partial charge in [-0.15, -0.1) is 0 Å². The molecule has 3 fully saturated rings. The van der Waals surface area contributed by atoms with E-state index in [1.54, 1.807) is 33.5 Å². The van der Waals surface area contributed by atoms with E-state index in [0.717, 1.165) is 29.6 Å². The van der Waals surface area contributed by atoms with Crippen LogP contribution < -0.4 is 0 Å². The molecule has 2 saturated heterocycles. The number of Topliss-reactive ketones (excluding diaryl/α,β-unsaturated/α-hetero) is 2. The van der Waals surface area contributed by atoms with Crippen LogP contribution in [0.5, 0.6) is 5.75 Å². The molecule has 12 unspecified atom stereocenters. The molecule has 1 aromatic rings. The second kappa shape index (κ2) is 23.8. The Labute approximate surface area is 387 Å². The molecule has 2 N–H and O–H groups in total. The van der Waals surface area contributed by atoms with Crippen LogP contribution in [0, 0.1) is 23.2 Å². The summed E-state index contributed by atoms with van der Waals surface area (Å²) >= 11 is 0. The molecule has 1 amide bonds. The van der Waals surface area contributed by atoms with Gasteiger partial charge in [0.2, 0.25) is 5.79 Å². The molecule has 0 aromatic heterocycles. The Bertz CT molecular complexity index is 1860. The highest BCUT2D eigenvalue weighted by Crippen LogP contribution is 2.38. The zero-order valence-electron chi connectivity index (χ0n) is 40.4. The van der Waals surface area contributed by atoms with E-state index in [1.807, 2.05) is 58.9 Å². The number of aromatic hydroxyl groups is 1. The van der Waals surface area contributed by atoms with Crippen molar-refractivity contribution in [2.24, 2.45) is 23.2 Å². The number of esters is 1. The molecule has 5 rings (SSSR count). The van der Waals surface area contributed by atoms with Crippen molar-refractivity contribution < 1.29 is 57.8 Å². The summed E-state index contributed by atoms with van der Waals surface area (Å²) < 4.78 is 36.6. The summed E-state index contributed by atoms with van der Waals surface area (Å²) in [6.45, 7) is 12.7. The van der Waals surface area contributed by atoms with Crippen molar-refractivity contribution in [3.8, 4) is 5.75 Å². The molecule has 1 aliphatic carbocycles. The number of aliphatic hydroxyl groups is 1. The fourth-order valence-electron chi connectivity index (χ4n) is 10.5. The van der Waals surface area contributed by atoms with E-state index in [-0.39, 0.29) is 67.3 Å². The number of hydrogen-bond acceptors (Lipinski definition) is 12. The van der Waals surface area contributed by atoms with Crippen LogP contribution in [-0.4, -0.2) is 121 Å². The summed E-state index contributed by atoms with van der Waals surface area (Å²) in [7, 11) is 4.79. The predicted octanol–water partition coefficient (Wildman–Crippen LogP) is 8.09. The third kappa shape index (κ3) is 13.5. The fraction of sp³-hybridized carbons (Fsp3) is 0.692. The van der Waals surface area contributed by atoms with E-state index < -0.39 is 59.3 Å². The first-order chi connectivity index (χ1) is 30.9. The normalized spacial score (nSPS) is 35.6. The van der Waals surface area contributed by atoms with Crippen molar-refractivity contribution in [1.29, 1.82) is 0 Å². The third-order valence-corrected chi connectivity index (χ3v) is 14.5. The molecule has 1 saturated carbocycles. The minimum absolute atomic E-state index is 0.0733. The summed E-state index contributed by atoms with van der Waals surface area (Å²) in [5, 5.41) is 21.5. The number of cyclic esters (lactones) is 1. The second-order valence-corrected chi connectivity index (χ2v) is 19.5. The SMILES string of the molecule is CCC1(C)C=C(C)CC(C)CC(OC)C2OC(O)(CCC2OC)C(=O)C(=O)N2CCCCC2C(=O)OC(C(C)=CC2CCC(OCC=Cc3ccc(O)cc3)C(OC)C2)C(C)CCC1=O. The number of carbonyl (C=O) groups is 4. The van der Waals surface area contributed by atoms with Crippen molar-refractivity contribution in [1.82, 2.24) is 4.90 Å². The van der Waals surface area contributed by atoms with Crippen molar-refractivity contribution in [3.05, 3.63) is 59.2 Å². The number of ketones is 2. The van der Waals surface area contributed by atoms with Gasteiger partial charge in [0.1, 0.15) is 29.8 Å². The van der Waals surface area contributed by atoms with Crippen molar-refractivity contribution in [2.75, 3.05) is 34.5 Å². The lowest BCUT2D eigenvalue weighted by molar-refractivity contribution is -0.283. The number of ether oxygens (including phenoxy) is 6. The molecule has 4 aliphatic rings. The van der Waals surface area contributed by atoms with Crippen molar-refractivity contribution >= 4 is 29.5 Å². The van der Waals surface area contributed by atoms with E-state index >= 15 is 0 Å². The number of fused-ring (bicyclic) bond motifs is 3. The van der Waals surface area contributed by atoms with Crippen LogP contribution in [0.25, 0.3) is 6.08 Å². The highest BCUT2D eigenvalue weighted by molar-refractivity contribution is 6.39. The van der Waals surface area contributed by atoms with Crippen LogP contribution in [-0.2, 0) is 47.6 Å². The van der Waals surface area contributed by atoms with Crippen LogP contribution in [0.2, 0.25) is 0 Å². The highest BCUT2D eigenvalue weighted by Gasteiger charge is 2.53. The Morgan fingerprint density at radius 1 is 0.908 bits per heavy atom. The number of methoxy groups -OCH3 is 3. The average molecular weight is 908 g/mol. The van der Waals surface area contributed by atoms with Gasteiger partial charge in [0, 0.05) is 46.1 Å². The number of piperidine rings is 1. The summed E-state index contributed by atoms with van der Waals surface area (Å²) in [5.74, 6) is -4.93. The van der Waals surface area contributed by atoms with Gasteiger partial charge >= 0.3 is 5.97 Å². The molecule has 13 nitrogen and oxygen atoms in total. The lowest BCUT2D eigenvalue weighted by Gasteiger charge is -2.44. The maximum absolute atomic E-state index is 14.5. The van der Waals surface area contributed by atoms with Gasteiger partial charge in [-0.3, -0.25) is 14.4 Å². The predicted molar refractivity (Wildman–Crippen MR) is 248 cm³/mol. The molecule has 0 spiro atoms. The van der Waals surface area contributed by atoms with Gasteiger partial charge in [0.15, 0.2) is 0 Å². The number of phenols is 1. The molecule has 0 radical (unpaired) electrons. The quantitative estimate of drug-likeness (QED) is 0.132. The first-order valence-corrected chi connectivity index (χ1v) is 24.0. The summed E-state index contributed by atoms with van der Waals surface area (Å²) in [5.41, 5.74) is 2.17. The van der Waals surface area contributed by atoms with Gasteiger partial charge in [-0.2, -0.15) is 0 Å². The average Bonchev–Trinajstić information content (AvgIpc) is 3.30. The summed E-state index contributed by atoms with van der Waals surface area (Å²) in [4.78, 5) is 58.3. The Morgan fingerprint density at radius 2 is 1.62 bits per heavy atom. The number of phenolic OH excluding ortho intramolecular Hbond substituents is 1. The Balaban J connectivity index is 1.42. The number of amides is 1. The van der Waals surface area contributed by atoms with Crippen molar-refractivity contribution in [3.63, 3.8) is 0 Å². The Hall–Kier alpha value is -3.72. The lowest BCUT2D eigenvalue weighted by atomic mass is 9.77. The van der Waals surface area contributed by atoms with Crippen LogP contribution in [0.4, 0.5) is 0 Å². The number of nitrogens with zero attached hydrogens (tertiary/aromatic N) is 1. The van der Waals surface area contributed by atoms with E-state index in [4.69, 9.17) is 28.4 Å². The standard InChI is InChI=1S/C52H77NO12/c1-10-51(6)32-34(3)28-33(2)29-44(62-9)47-42(60-7)24-25-52(59,65-47)48(56)49(57)53-26-12-11-15-40(53)50(58)64-46(35(4)16-23-45(51)55)36(5)30-38-19-22-41(43(31-38)61-8)63-27-13-14-37-17-20-39(54)21-18-37/h13-14,17-18,20-21,30,32-33,35,38,40-44,46-47,54,59H,10-12,15-16,19,22-29,31H2,1-9H3. The number of hydrogen-bond donors (Lipinski definition) is 2. The third-order valence-electron chi connectivity index (χ3n) is 14.5. The summed E-state index contributed by atoms with van der Waals surface area (Å²) in [6, 6.07) is 5.92. The molecule has 65 heavy (non-hydrogen) atoms. The summed E-state index contributed by atoms with van der Waals surface area (Å²) in [6.07, 6.45) is 11.7. The minimum Gasteiger partial charge on any atom is -0.508 e. The Morgan fingerprint density at radius 3 is 2.29 bits per heavy atom. The number of benzene rings is 1. The zero-order valence-corrected chi connectivity index (χ0v) is 40.4. The van der Waals surface area contributed by atoms with E-state index in [2.05, 4.69) is 19.1 Å². The van der Waals surface area contributed by atoms with Gasteiger partial charge < -0.3 is 43.5 Å². The minimum atomic E-state index is -2.44. The fourth-order valence-corrected chi connectivity index (χ4v) is 10.5. The Kier molecular flexibility index (Phi) is 19.2. The van der Waals surface area contributed by atoms with Gasteiger partial charge in [0.25, 0.3) is 11.7 Å². The number of carbonyl (C=O) groups excluding carboxylic acids is 4. The number of allylic oxidation sites excluding steroid dienone is 3. The molecule has 12 atom stereocenters. The smallest absolute Gasteiger partial charge is 0.329 e. The monoisotopic (exact) mass is 908 g/mol. The zero-order chi connectivity index (χ0) is 47.5. The second-order valence-electron chi connectivity index (χ2n) is 19.5. The molecule has 1 aromatic carbocycles. The molecular formula is C52H77NO12. The number of rotatable bonds is 10. The first-order valence-electron chi connectivity index (χ1n) is 24.0. The van der Waals surface area contributed by atoms with E-state index in [0.29, 0.717) is 58.0 Å². The molecule has 3 aliphatic heterocycles. The van der Waals surface area contributed by atoms with Crippen LogP contribution in [0.1, 0.15) is 131 Å². The molecule has 13 heteroatoms. The van der Waals surface area contributed by atoms with E-state index in [9.17, 15) is 29.4 Å². The van der Waals surface area contributed by atoms with Gasteiger partial charge in [0.05, 0.1) is 31.0 Å². The molecule has 2 bridgehead atoms. The van der Waals surface area contributed by atoms with Crippen LogP contribution >= 0.6 is 0 Å². The van der Waals surface area contributed by atoms with Crippen LogP contribution in [0.3, 0.4) is 0 Å². The van der Waals surface area contributed by atoms with Gasteiger partial charge in [-0.1, -0.05) is 62.8 Å². The largest absolute Gasteiger partial charge is 0.508 e. The first kappa shape index (κ1) is 52.3. The van der Waals surface area contributed by atoms with Gasteiger partial charge in [-0.25, -0.2) is 4.79 Å². The van der Waals surface area contributed by atoms with Crippen LogP contribution in [0.15, 0.2) is 53.6 Å². The lowest BCUT2D eigenvalue weighted by Crippen LogP contribution is -2.61. The highest BCUT2D eigenvalue weighted by atomic mass is 16.7. The topological polar surface area (TPSA) is 167 Å². The van der Waals surface area contributed by atoms with E-state index in [1.165, 1.54) is 4.90 Å². The maximum atomic E-state index is 14.5. The van der Waals surface area contributed by atoms with Gasteiger partial charge in [-0.05, 0) is 132 Å².